The molecule has 0 bridgehead atoms. The molecule has 0 saturated heterocycles. The van der Waals surface area contributed by atoms with E-state index in [9.17, 15) is 17.6 Å². The van der Waals surface area contributed by atoms with E-state index in [2.05, 4.69) is 31.2 Å². The van der Waals surface area contributed by atoms with Crippen LogP contribution in [0.25, 0.3) is 0 Å². The maximum atomic E-state index is 14.8. The van der Waals surface area contributed by atoms with Gasteiger partial charge in [-0.1, -0.05) is 81.3 Å². The fraction of sp³-hybridized carbons (Fsp3) is 0.486. The summed E-state index contributed by atoms with van der Waals surface area (Å²) < 4.78 is 56.9. The average Bonchev–Trinajstić information content (AvgIpc) is 2.94. The molecule has 40 heavy (non-hydrogen) atoms. The van der Waals surface area contributed by atoms with Gasteiger partial charge in [-0.3, -0.25) is 0 Å². The average molecular weight is 573 g/mol. The monoisotopic (exact) mass is 572 g/mol. The van der Waals surface area contributed by atoms with Crippen molar-refractivity contribution in [2.75, 3.05) is 0 Å². The van der Waals surface area contributed by atoms with E-state index in [4.69, 9.17) is 11.6 Å². The van der Waals surface area contributed by atoms with Gasteiger partial charge in [-0.2, -0.15) is 0 Å². The van der Waals surface area contributed by atoms with Crippen molar-refractivity contribution in [3.8, 4) is 0 Å². The molecule has 0 spiro atoms. The predicted octanol–water partition coefficient (Wildman–Crippen LogP) is 10.8. The van der Waals surface area contributed by atoms with Crippen molar-refractivity contribution in [3.63, 3.8) is 0 Å². The maximum absolute atomic E-state index is 14.8. The smallest absolute Gasteiger partial charge is 0.145 e. The van der Waals surface area contributed by atoms with E-state index in [-0.39, 0.29) is 18.4 Å². The molecule has 1 aliphatic rings. The lowest BCUT2D eigenvalue weighted by Crippen LogP contribution is -2.16. The normalized spacial score (nSPS) is 17.4. The van der Waals surface area contributed by atoms with Crippen LogP contribution in [0, 0.1) is 35.1 Å². The molecule has 5 heteroatoms. The molecule has 0 heterocycles. The minimum absolute atomic E-state index is 0.0194. The first-order valence-corrected chi connectivity index (χ1v) is 15.4. The number of rotatable bonds is 13. The van der Waals surface area contributed by atoms with Crippen molar-refractivity contribution < 1.29 is 17.6 Å². The Morgan fingerprint density at radius 1 is 0.575 bits per heavy atom. The van der Waals surface area contributed by atoms with E-state index in [1.807, 2.05) is 0 Å². The third kappa shape index (κ3) is 8.83. The zero-order valence-electron chi connectivity index (χ0n) is 23.6. The summed E-state index contributed by atoms with van der Waals surface area (Å²) in [5, 5.41) is -0.572. The van der Waals surface area contributed by atoms with Crippen LogP contribution in [0.1, 0.15) is 92.5 Å². The van der Waals surface area contributed by atoms with Crippen LogP contribution in [0.3, 0.4) is 0 Å². The highest BCUT2D eigenvalue weighted by Gasteiger charge is 2.21. The molecule has 0 atom stereocenters. The molecule has 0 unspecified atom stereocenters. The van der Waals surface area contributed by atoms with Crippen LogP contribution in [-0.2, 0) is 32.1 Å². The standard InChI is InChI=1S/C35H41ClF4/c1-2-3-4-5-24-6-8-25(9-7-24)10-11-26-12-14-27(15-13-26)16-17-28-20-31(37)30(32(38)21-28)19-18-29-22-33(39)35(36)34(40)23-29/h6-9,20-23,26-27H,2-5,10-19H2,1H3/t26-,27-. The SMILES string of the molecule is CCCCCc1ccc(CC[C@H]2CC[C@H](CCc3cc(F)c(CCc4cc(F)c(Cl)c(F)c4)c(F)c3)CC2)cc1. The van der Waals surface area contributed by atoms with E-state index in [1.54, 1.807) is 0 Å². The highest BCUT2D eigenvalue weighted by Crippen LogP contribution is 2.34. The fourth-order valence-electron chi connectivity index (χ4n) is 6.06. The Balaban J connectivity index is 1.19. The molecular weight excluding hydrogens is 532 g/mol. The lowest BCUT2D eigenvalue weighted by atomic mass is 9.77. The molecule has 3 aromatic rings. The Kier molecular flexibility index (Phi) is 11.5. The second kappa shape index (κ2) is 15.1. The first kappa shape index (κ1) is 30.6. The summed E-state index contributed by atoms with van der Waals surface area (Å²) in [7, 11) is 0. The van der Waals surface area contributed by atoms with Crippen LogP contribution < -0.4 is 0 Å². The minimum atomic E-state index is -0.871. The largest absolute Gasteiger partial charge is 0.207 e. The van der Waals surface area contributed by atoms with Gasteiger partial charge >= 0.3 is 0 Å². The third-order valence-electron chi connectivity index (χ3n) is 8.65. The van der Waals surface area contributed by atoms with Gasteiger partial charge in [0.1, 0.15) is 28.3 Å². The van der Waals surface area contributed by atoms with Crippen LogP contribution >= 0.6 is 11.6 Å². The van der Waals surface area contributed by atoms with E-state index >= 15 is 0 Å². The van der Waals surface area contributed by atoms with Gasteiger partial charge < -0.3 is 0 Å². The molecule has 0 aromatic heterocycles. The van der Waals surface area contributed by atoms with Crippen LogP contribution in [0.4, 0.5) is 17.6 Å². The van der Waals surface area contributed by atoms with E-state index in [0.717, 1.165) is 30.9 Å². The van der Waals surface area contributed by atoms with E-state index in [1.165, 1.54) is 81.0 Å². The van der Waals surface area contributed by atoms with Crippen molar-refractivity contribution in [2.24, 2.45) is 11.8 Å². The number of halogens is 5. The maximum Gasteiger partial charge on any atom is 0.145 e. The van der Waals surface area contributed by atoms with Gasteiger partial charge in [0.05, 0.1) is 0 Å². The zero-order valence-corrected chi connectivity index (χ0v) is 24.3. The van der Waals surface area contributed by atoms with Gasteiger partial charge in [-0.15, -0.1) is 0 Å². The fourth-order valence-corrected chi connectivity index (χ4v) is 6.17. The van der Waals surface area contributed by atoms with Crippen molar-refractivity contribution >= 4 is 11.6 Å². The highest BCUT2D eigenvalue weighted by atomic mass is 35.5. The van der Waals surface area contributed by atoms with Crippen LogP contribution in [0.15, 0.2) is 48.5 Å². The minimum Gasteiger partial charge on any atom is -0.207 e. The van der Waals surface area contributed by atoms with Gasteiger partial charge in [-0.05, 0) is 110 Å². The molecule has 0 radical (unpaired) electrons. The summed E-state index contributed by atoms with van der Waals surface area (Å²) in [6, 6.07) is 14.2. The summed E-state index contributed by atoms with van der Waals surface area (Å²) >= 11 is 5.51. The van der Waals surface area contributed by atoms with E-state index < -0.39 is 28.3 Å². The Morgan fingerprint density at radius 3 is 1.55 bits per heavy atom. The molecule has 1 fully saturated rings. The van der Waals surface area contributed by atoms with Gasteiger partial charge in [0.15, 0.2) is 0 Å². The van der Waals surface area contributed by atoms with Gasteiger partial charge in [0.25, 0.3) is 0 Å². The Labute approximate surface area is 242 Å². The van der Waals surface area contributed by atoms with Gasteiger partial charge in [0, 0.05) is 5.56 Å². The molecule has 0 aliphatic heterocycles. The van der Waals surface area contributed by atoms with E-state index in [0.29, 0.717) is 23.5 Å². The Morgan fingerprint density at radius 2 is 1.02 bits per heavy atom. The number of hydrogen-bond donors (Lipinski definition) is 0. The predicted molar refractivity (Wildman–Crippen MR) is 157 cm³/mol. The van der Waals surface area contributed by atoms with Crippen LogP contribution in [-0.4, -0.2) is 0 Å². The topological polar surface area (TPSA) is 0 Å². The summed E-state index contributed by atoms with van der Waals surface area (Å²) in [4.78, 5) is 0. The number of unbranched alkanes of at least 4 members (excludes halogenated alkanes) is 2. The second-order valence-corrected chi connectivity index (χ2v) is 12.0. The molecule has 0 N–H and O–H groups in total. The molecule has 4 rings (SSSR count). The first-order valence-electron chi connectivity index (χ1n) is 15.0. The van der Waals surface area contributed by atoms with Gasteiger partial charge in [0.2, 0.25) is 0 Å². The van der Waals surface area contributed by atoms with Crippen molar-refractivity contribution in [1.82, 2.24) is 0 Å². The summed E-state index contributed by atoms with van der Waals surface area (Å²) in [6.45, 7) is 2.24. The molecule has 0 amide bonds. The lowest BCUT2D eigenvalue weighted by molar-refractivity contribution is 0.253. The first-order chi connectivity index (χ1) is 19.3. The molecule has 1 saturated carbocycles. The summed E-state index contributed by atoms with van der Waals surface area (Å²) in [5.41, 5.74) is 3.81. The third-order valence-corrected chi connectivity index (χ3v) is 9.01. The summed E-state index contributed by atoms with van der Waals surface area (Å²) in [6.07, 6.45) is 13.9. The number of benzene rings is 3. The lowest BCUT2D eigenvalue weighted by Gasteiger charge is -2.28. The molecule has 0 nitrogen and oxygen atoms in total. The number of aryl methyl sites for hydroxylation is 4. The molecule has 1 aliphatic carbocycles. The zero-order chi connectivity index (χ0) is 28.5. The highest BCUT2D eigenvalue weighted by molar-refractivity contribution is 6.30. The van der Waals surface area contributed by atoms with Crippen LogP contribution in [0.2, 0.25) is 5.02 Å². The van der Waals surface area contributed by atoms with Crippen molar-refractivity contribution in [1.29, 1.82) is 0 Å². The Bertz CT molecular complexity index is 1180. The van der Waals surface area contributed by atoms with Crippen molar-refractivity contribution in [2.45, 2.75) is 96.8 Å². The number of hydrogen-bond acceptors (Lipinski definition) is 0. The van der Waals surface area contributed by atoms with Crippen molar-refractivity contribution in [3.05, 3.63) is 105 Å². The summed E-state index contributed by atoms with van der Waals surface area (Å²) in [5.74, 6) is -1.57. The molecule has 3 aromatic carbocycles. The van der Waals surface area contributed by atoms with Crippen LogP contribution in [0.5, 0.6) is 0 Å². The second-order valence-electron chi connectivity index (χ2n) is 11.6. The molecular formula is C35H41ClF4. The Hall–Kier alpha value is -2.33. The quantitative estimate of drug-likeness (QED) is 0.108. The van der Waals surface area contributed by atoms with Gasteiger partial charge in [-0.25, -0.2) is 17.6 Å². The molecule has 216 valence electrons.